The molecule has 0 amide bonds. The van der Waals surface area contributed by atoms with Crippen LogP contribution in [0, 0.1) is 6.92 Å². The fraction of sp³-hybridized carbons (Fsp3) is 0.250. The van der Waals surface area contributed by atoms with E-state index in [1.807, 2.05) is 31.4 Å². The minimum Gasteiger partial charge on any atom is -0.493 e. The zero-order chi connectivity index (χ0) is 12.4. The lowest BCUT2D eigenvalue weighted by atomic mass is 10.1. The van der Waals surface area contributed by atoms with Gasteiger partial charge in [0.25, 0.3) is 0 Å². The number of nitrogens with zero attached hydrogens (tertiary/aromatic N) is 1. The Hall–Kier alpha value is -0.580. The van der Waals surface area contributed by atoms with Gasteiger partial charge in [0.15, 0.2) is 0 Å². The van der Waals surface area contributed by atoms with Crippen molar-refractivity contribution < 1.29 is 4.74 Å². The monoisotopic (exact) mass is 331 g/mol. The molecule has 90 valence electrons. The average molecular weight is 333 g/mol. The van der Waals surface area contributed by atoms with Crippen LogP contribution < -0.4 is 4.74 Å². The third-order valence-corrected chi connectivity index (χ3v) is 3.92. The van der Waals surface area contributed by atoms with Crippen LogP contribution in [-0.2, 0) is 0 Å². The predicted octanol–water partition coefficient (Wildman–Crippen LogP) is 4.93. The van der Waals surface area contributed by atoms with Crippen molar-refractivity contribution in [2.24, 2.45) is 0 Å². The van der Waals surface area contributed by atoms with Gasteiger partial charge in [0.1, 0.15) is 5.75 Å². The summed E-state index contributed by atoms with van der Waals surface area (Å²) in [5.74, 6) is 0.758. The van der Waals surface area contributed by atoms with Crippen LogP contribution in [0.1, 0.15) is 11.9 Å². The van der Waals surface area contributed by atoms with Crippen molar-refractivity contribution in [1.29, 1.82) is 0 Å². The molecule has 17 heavy (non-hydrogen) atoms. The first-order chi connectivity index (χ1) is 8.11. The van der Waals surface area contributed by atoms with Crippen molar-refractivity contribution in [2.75, 3.05) is 6.61 Å². The number of ether oxygens (including phenoxy) is 1. The zero-order valence-electron chi connectivity index (χ0n) is 9.46. The van der Waals surface area contributed by atoms with Crippen LogP contribution >= 0.6 is 38.9 Å². The smallest absolute Gasteiger partial charge is 0.134 e. The third-order valence-electron chi connectivity index (χ3n) is 2.22. The molecule has 0 radical (unpaired) electrons. The van der Waals surface area contributed by atoms with E-state index in [9.17, 15) is 0 Å². The molecule has 0 bridgehead atoms. The van der Waals surface area contributed by atoms with Crippen LogP contribution in [0.15, 0.2) is 22.0 Å². The van der Waals surface area contributed by atoms with Crippen LogP contribution in [0.4, 0.5) is 0 Å². The van der Waals surface area contributed by atoms with Gasteiger partial charge in [-0.2, -0.15) is 0 Å². The lowest BCUT2D eigenvalue weighted by Crippen LogP contribution is -1.93. The van der Waals surface area contributed by atoms with Gasteiger partial charge in [-0.15, -0.1) is 11.3 Å². The van der Waals surface area contributed by atoms with Crippen molar-refractivity contribution in [3.63, 3.8) is 0 Å². The summed E-state index contributed by atoms with van der Waals surface area (Å²) in [6.45, 7) is 4.54. The molecular weight excluding hydrogens is 322 g/mol. The van der Waals surface area contributed by atoms with Gasteiger partial charge in [-0.05, 0) is 35.8 Å². The molecule has 0 fully saturated rings. The molecule has 0 N–H and O–H groups in total. The van der Waals surface area contributed by atoms with Crippen LogP contribution in [0.5, 0.6) is 5.75 Å². The molecule has 0 aliphatic carbocycles. The summed E-state index contributed by atoms with van der Waals surface area (Å²) in [6.07, 6.45) is 0. The second kappa shape index (κ2) is 5.38. The van der Waals surface area contributed by atoms with Crippen molar-refractivity contribution in [3.8, 4) is 17.0 Å². The van der Waals surface area contributed by atoms with Gasteiger partial charge in [-0.25, -0.2) is 4.98 Å². The van der Waals surface area contributed by atoms with Gasteiger partial charge in [0.05, 0.1) is 26.8 Å². The number of hydrogen-bond acceptors (Lipinski definition) is 3. The molecule has 1 aromatic heterocycles. The van der Waals surface area contributed by atoms with E-state index in [1.54, 1.807) is 11.3 Å². The standard InChI is InChI=1S/C12H11BrClNOS/c1-3-16-12-5-10(14)8(4-9(12)13)11-6-17-7(2)15-11/h4-6H,3H2,1-2H3. The maximum absolute atomic E-state index is 6.24. The Morgan fingerprint density at radius 3 is 2.82 bits per heavy atom. The number of aromatic nitrogens is 1. The Kier molecular flexibility index (Phi) is 4.07. The van der Waals surface area contributed by atoms with Crippen LogP contribution in [-0.4, -0.2) is 11.6 Å². The van der Waals surface area contributed by atoms with Crippen LogP contribution in [0.2, 0.25) is 5.02 Å². The lowest BCUT2D eigenvalue weighted by molar-refractivity contribution is 0.338. The molecule has 5 heteroatoms. The van der Waals surface area contributed by atoms with Gasteiger partial charge in [0.2, 0.25) is 0 Å². The second-order valence-electron chi connectivity index (χ2n) is 3.45. The van der Waals surface area contributed by atoms with E-state index in [1.165, 1.54) is 0 Å². The largest absolute Gasteiger partial charge is 0.493 e. The molecule has 2 aromatic rings. The number of aryl methyl sites for hydroxylation is 1. The first-order valence-corrected chi connectivity index (χ1v) is 7.21. The van der Waals surface area contributed by atoms with E-state index in [2.05, 4.69) is 20.9 Å². The highest BCUT2D eigenvalue weighted by molar-refractivity contribution is 9.10. The minimum atomic E-state index is 0.615. The second-order valence-corrected chi connectivity index (χ2v) is 5.77. The molecule has 0 atom stereocenters. The first kappa shape index (κ1) is 12.9. The van der Waals surface area contributed by atoms with Crippen LogP contribution in [0.25, 0.3) is 11.3 Å². The Morgan fingerprint density at radius 1 is 1.47 bits per heavy atom. The zero-order valence-corrected chi connectivity index (χ0v) is 12.6. The van der Waals surface area contributed by atoms with Crippen molar-refractivity contribution in [1.82, 2.24) is 4.98 Å². The van der Waals surface area contributed by atoms with E-state index in [0.29, 0.717) is 11.6 Å². The molecule has 0 spiro atoms. The number of thiazole rings is 1. The fourth-order valence-electron chi connectivity index (χ4n) is 1.48. The highest BCUT2D eigenvalue weighted by Crippen LogP contribution is 2.37. The molecule has 1 heterocycles. The Balaban J connectivity index is 2.46. The maximum Gasteiger partial charge on any atom is 0.134 e. The van der Waals surface area contributed by atoms with E-state index < -0.39 is 0 Å². The molecular formula is C12H11BrClNOS. The Labute approximate surface area is 118 Å². The number of benzene rings is 1. The van der Waals surface area contributed by atoms with Crippen molar-refractivity contribution in [3.05, 3.63) is 32.0 Å². The van der Waals surface area contributed by atoms with Gasteiger partial charge in [-0.1, -0.05) is 11.6 Å². The SMILES string of the molecule is CCOc1cc(Cl)c(-c2csc(C)n2)cc1Br. The molecule has 2 rings (SSSR count). The Morgan fingerprint density at radius 2 is 2.24 bits per heavy atom. The third kappa shape index (κ3) is 2.81. The molecule has 0 saturated carbocycles. The normalized spacial score (nSPS) is 10.6. The average Bonchev–Trinajstić information content (AvgIpc) is 2.70. The summed E-state index contributed by atoms with van der Waals surface area (Å²) in [7, 11) is 0. The van der Waals surface area contributed by atoms with Crippen LogP contribution in [0.3, 0.4) is 0 Å². The fourth-order valence-corrected chi connectivity index (χ4v) is 2.80. The highest BCUT2D eigenvalue weighted by atomic mass is 79.9. The van der Waals surface area contributed by atoms with Gasteiger partial charge in [-0.3, -0.25) is 0 Å². The lowest BCUT2D eigenvalue weighted by Gasteiger charge is -2.09. The van der Waals surface area contributed by atoms with Crippen molar-refractivity contribution >= 4 is 38.9 Å². The quantitative estimate of drug-likeness (QED) is 0.795. The van der Waals surface area contributed by atoms with E-state index in [-0.39, 0.29) is 0 Å². The summed E-state index contributed by atoms with van der Waals surface area (Å²) in [5, 5.41) is 3.69. The van der Waals surface area contributed by atoms with E-state index in [0.717, 1.165) is 26.5 Å². The summed E-state index contributed by atoms with van der Waals surface area (Å²) >= 11 is 11.3. The number of halogens is 2. The molecule has 0 aliphatic rings. The maximum atomic E-state index is 6.24. The summed E-state index contributed by atoms with van der Waals surface area (Å²) in [5.41, 5.74) is 1.83. The van der Waals surface area contributed by atoms with Gasteiger partial charge >= 0.3 is 0 Å². The highest BCUT2D eigenvalue weighted by Gasteiger charge is 2.11. The van der Waals surface area contributed by atoms with Gasteiger partial charge < -0.3 is 4.74 Å². The number of rotatable bonds is 3. The first-order valence-electron chi connectivity index (χ1n) is 5.16. The summed E-state index contributed by atoms with van der Waals surface area (Å²) in [4.78, 5) is 4.43. The molecule has 0 saturated heterocycles. The molecule has 0 unspecified atom stereocenters. The summed E-state index contributed by atoms with van der Waals surface area (Å²) in [6, 6.07) is 3.76. The molecule has 0 aliphatic heterocycles. The van der Waals surface area contributed by atoms with E-state index in [4.69, 9.17) is 16.3 Å². The molecule has 1 aromatic carbocycles. The molecule has 2 nitrogen and oxygen atoms in total. The van der Waals surface area contributed by atoms with Crippen molar-refractivity contribution in [2.45, 2.75) is 13.8 Å². The topological polar surface area (TPSA) is 22.1 Å². The predicted molar refractivity (Wildman–Crippen MR) is 76.2 cm³/mol. The minimum absolute atomic E-state index is 0.615. The Bertz CT molecular complexity index is 541. The summed E-state index contributed by atoms with van der Waals surface area (Å²) < 4.78 is 6.36. The van der Waals surface area contributed by atoms with E-state index >= 15 is 0 Å². The number of hydrogen-bond donors (Lipinski definition) is 0. The van der Waals surface area contributed by atoms with Gasteiger partial charge in [0, 0.05) is 17.0 Å².